The van der Waals surface area contributed by atoms with Crippen LogP contribution in [-0.4, -0.2) is 15.3 Å². The lowest BCUT2D eigenvalue weighted by atomic mass is 10.2. The van der Waals surface area contributed by atoms with Gasteiger partial charge in [-0.2, -0.15) is 5.26 Å². The second-order valence-electron chi connectivity index (χ2n) is 4.50. The molecule has 0 unspecified atom stereocenters. The molecular formula is C15H17N3O. The van der Waals surface area contributed by atoms with Gasteiger partial charge in [0.05, 0.1) is 23.5 Å². The third-order valence-electron chi connectivity index (χ3n) is 3.20. The van der Waals surface area contributed by atoms with E-state index in [-0.39, 0.29) is 5.78 Å². The predicted octanol–water partition coefficient (Wildman–Crippen LogP) is 2.86. The van der Waals surface area contributed by atoms with E-state index in [0.29, 0.717) is 19.3 Å². The maximum atomic E-state index is 11.3. The lowest BCUT2D eigenvalue weighted by Gasteiger charge is -2.06. The zero-order valence-corrected chi connectivity index (χ0v) is 11.1. The Morgan fingerprint density at radius 3 is 2.95 bits per heavy atom. The van der Waals surface area contributed by atoms with Gasteiger partial charge in [-0.05, 0) is 18.6 Å². The molecule has 0 aliphatic heterocycles. The third kappa shape index (κ3) is 3.00. The third-order valence-corrected chi connectivity index (χ3v) is 3.20. The lowest BCUT2D eigenvalue weighted by Crippen LogP contribution is -2.05. The number of benzene rings is 1. The summed E-state index contributed by atoms with van der Waals surface area (Å²) in [6.45, 7) is 2.62. The Bertz CT molecular complexity index is 622. The number of para-hydroxylation sites is 2. The summed E-state index contributed by atoms with van der Waals surface area (Å²) in [4.78, 5) is 15.8. The van der Waals surface area contributed by atoms with Crippen LogP contribution in [-0.2, 0) is 17.8 Å². The van der Waals surface area contributed by atoms with Crippen molar-refractivity contribution in [3.63, 3.8) is 0 Å². The number of nitrogens with zero attached hydrogens (tertiary/aromatic N) is 3. The van der Waals surface area contributed by atoms with E-state index in [1.165, 1.54) is 0 Å². The highest BCUT2D eigenvalue weighted by molar-refractivity contribution is 5.78. The molecule has 2 aromatic rings. The number of carbonyl (C=O) groups is 1. The largest absolute Gasteiger partial charge is 0.327 e. The Balaban J connectivity index is 2.22. The fourth-order valence-electron chi connectivity index (χ4n) is 2.19. The van der Waals surface area contributed by atoms with Crippen molar-refractivity contribution in [2.45, 2.75) is 39.2 Å². The average Bonchev–Trinajstić information content (AvgIpc) is 2.77. The molecule has 0 atom stereocenters. The molecule has 4 heteroatoms. The van der Waals surface area contributed by atoms with E-state index in [9.17, 15) is 4.79 Å². The van der Waals surface area contributed by atoms with Crippen molar-refractivity contribution >= 4 is 16.8 Å². The van der Waals surface area contributed by atoms with E-state index in [2.05, 4.69) is 15.6 Å². The van der Waals surface area contributed by atoms with E-state index in [1.807, 2.05) is 31.2 Å². The molecule has 0 N–H and O–H groups in total. The van der Waals surface area contributed by atoms with Gasteiger partial charge in [0.15, 0.2) is 0 Å². The monoisotopic (exact) mass is 255 g/mol. The quantitative estimate of drug-likeness (QED) is 0.797. The molecule has 0 bridgehead atoms. The Hall–Kier alpha value is -2.15. The number of fused-ring (bicyclic) bond motifs is 1. The first-order valence-electron chi connectivity index (χ1n) is 6.59. The molecule has 2 rings (SSSR count). The molecule has 1 heterocycles. The number of Topliss-reactive ketones (excluding diaryl/α,β-unsaturated/α-hetero) is 1. The number of carbonyl (C=O) groups excluding carboxylic acids is 1. The summed E-state index contributed by atoms with van der Waals surface area (Å²) < 4.78 is 2.06. The molecule has 0 saturated carbocycles. The fraction of sp³-hybridized carbons (Fsp3) is 0.400. The summed E-state index contributed by atoms with van der Waals surface area (Å²) in [6.07, 6.45) is 2.28. The van der Waals surface area contributed by atoms with Gasteiger partial charge in [-0.15, -0.1) is 0 Å². The van der Waals surface area contributed by atoms with Gasteiger partial charge in [-0.1, -0.05) is 19.1 Å². The summed E-state index contributed by atoms with van der Waals surface area (Å²) in [7, 11) is 0. The Labute approximate surface area is 112 Å². The zero-order chi connectivity index (χ0) is 13.7. The van der Waals surface area contributed by atoms with Crippen LogP contribution in [0.3, 0.4) is 0 Å². The Kier molecular flexibility index (Phi) is 4.30. The lowest BCUT2D eigenvalue weighted by molar-refractivity contribution is -0.118. The van der Waals surface area contributed by atoms with Crippen molar-refractivity contribution in [2.24, 2.45) is 0 Å². The molecule has 0 fully saturated rings. The number of hydrogen-bond acceptors (Lipinski definition) is 3. The van der Waals surface area contributed by atoms with E-state index in [4.69, 9.17) is 5.26 Å². The highest BCUT2D eigenvalue weighted by atomic mass is 16.1. The van der Waals surface area contributed by atoms with Crippen LogP contribution in [0, 0.1) is 11.3 Å². The van der Waals surface area contributed by atoms with Crippen LogP contribution in [0.1, 0.15) is 32.0 Å². The van der Waals surface area contributed by atoms with Gasteiger partial charge in [-0.3, -0.25) is 4.79 Å². The molecule has 0 amide bonds. The second-order valence-corrected chi connectivity index (χ2v) is 4.50. The smallest absolute Gasteiger partial charge is 0.132 e. The van der Waals surface area contributed by atoms with Crippen molar-refractivity contribution in [2.75, 3.05) is 0 Å². The number of nitriles is 1. The molecule has 1 aromatic carbocycles. The first kappa shape index (κ1) is 13.3. The minimum absolute atomic E-state index is 0.284. The molecule has 0 radical (unpaired) electrons. The summed E-state index contributed by atoms with van der Waals surface area (Å²) in [5.74, 6) is 1.07. The van der Waals surface area contributed by atoms with Crippen molar-refractivity contribution < 1.29 is 4.79 Å². The van der Waals surface area contributed by atoms with Crippen LogP contribution < -0.4 is 0 Å². The van der Waals surface area contributed by atoms with Gasteiger partial charge in [0.25, 0.3) is 0 Å². The number of rotatable bonds is 6. The highest BCUT2D eigenvalue weighted by Gasteiger charge is 2.10. The van der Waals surface area contributed by atoms with Gasteiger partial charge in [-0.25, -0.2) is 4.98 Å². The van der Waals surface area contributed by atoms with Crippen LogP contribution in [0.4, 0.5) is 0 Å². The molecule has 0 aliphatic rings. The number of aromatic nitrogens is 2. The van der Waals surface area contributed by atoms with E-state index >= 15 is 0 Å². The summed E-state index contributed by atoms with van der Waals surface area (Å²) >= 11 is 0. The van der Waals surface area contributed by atoms with Crippen LogP contribution in [0.15, 0.2) is 24.3 Å². The number of aryl methyl sites for hydroxylation is 1. The summed E-state index contributed by atoms with van der Waals surface area (Å²) in [5.41, 5.74) is 1.95. The molecule has 0 saturated heterocycles. The average molecular weight is 255 g/mol. The van der Waals surface area contributed by atoms with E-state index in [0.717, 1.165) is 29.8 Å². The molecule has 1 aromatic heterocycles. The van der Waals surface area contributed by atoms with Crippen molar-refractivity contribution in [1.29, 1.82) is 5.26 Å². The van der Waals surface area contributed by atoms with E-state index < -0.39 is 0 Å². The standard InChI is InChI=1S/C15H17N3O/c1-2-12(19)6-5-11-18-14-8-4-3-7-13(14)17-15(18)9-10-16/h3-4,7-8H,2,5-6,9,11H2,1H3. The molecule has 19 heavy (non-hydrogen) atoms. The van der Waals surface area contributed by atoms with Crippen LogP contribution >= 0.6 is 0 Å². The summed E-state index contributed by atoms with van der Waals surface area (Å²) in [6, 6.07) is 10.0. The number of hydrogen-bond donors (Lipinski definition) is 0. The number of imidazole rings is 1. The molecule has 98 valence electrons. The maximum Gasteiger partial charge on any atom is 0.132 e. The van der Waals surface area contributed by atoms with E-state index in [1.54, 1.807) is 0 Å². The van der Waals surface area contributed by atoms with Gasteiger partial charge >= 0.3 is 0 Å². The van der Waals surface area contributed by atoms with Gasteiger partial charge in [0.2, 0.25) is 0 Å². The van der Waals surface area contributed by atoms with Gasteiger partial charge < -0.3 is 4.57 Å². The Morgan fingerprint density at radius 2 is 2.21 bits per heavy atom. The molecule has 0 aliphatic carbocycles. The van der Waals surface area contributed by atoms with Crippen molar-refractivity contribution in [3.05, 3.63) is 30.1 Å². The topological polar surface area (TPSA) is 58.7 Å². The second kappa shape index (κ2) is 6.14. The molecule has 0 spiro atoms. The maximum absolute atomic E-state index is 11.3. The first-order valence-corrected chi connectivity index (χ1v) is 6.59. The fourth-order valence-corrected chi connectivity index (χ4v) is 2.19. The number of ketones is 1. The molecule has 4 nitrogen and oxygen atoms in total. The van der Waals surface area contributed by atoms with Crippen LogP contribution in [0.2, 0.25) is 0 Å². The predicted molar refractivity (Wildman–Crippen MR) is 73.6 cm³/mol. The van der Waals surface area contributed by atoms with Crippen molar-refractivity contribution in [1.82, 2.24) is 9.55 Å². The Morgan fingerprint density at radius 1 is 1.42 bits per heavy atom. The van der Waals surface area contributed by atoms with Crippen LogP contribution in [0.5, 0.6) is 0 Å². The zero-order valence-electron chi connectivity index (χ0n) is 11.1. The first-order chi connectivity index (χ1) is 9.26. The van der Waals surface area contributed by atoms with Crippen molar-refractivity contribution in [3.8, 4) is 6.07 Å². The normalized spacial score (nSPS) is 10.5. The molecular weight excluding hydrogens is 238 g/mol. The highest BCUT2D eigenvalue weighted by Crippen LogP contribution is 2.17. The summed E-state index contributed by atoms with van der Waals surface area (Å²) in [5, 5.41) is 8.86. The van der Waals surface area contributed by atoms with Gasteiger partial charge in [0.1, 0.15) is 11.6 Å². The minimum Gasteiger partial charge on any atom is -0.327 e. The SMILES string of the molecule is CCC(=O)CCCn1c(CC#N)nc2ccccc21. The van der Waals surface area contributed by atoms with Gasteiger partial charge in [0, 0.05) is 19.4 Å². The minimum atomic E-state index is 0.284. The van der Waals surface area contributed by atoms with Crippen LogP contribution in [0.25, 0.3) is 11.0 Å².